The van der Waals surface area contributed by atoms with Crippen molar-refractivity contribution in [2.75, 3.05) is 0 Å². The Balaban J connectivity index is 1.65. The molecule has 0 bridgehead atoms. The topological polar surface area (TPSA) is 58.0 Å². The number of amides is 1. The average molecular weight is 407 g/mol. The predicted molar refractivity (Wildman–Crippen MR) is 116 cm³/mol. The first-order valence-corrected chi connectivity index (χ1v) is 10.2. The Bertz CT molecular complexity index is 1100. The first-order valence-electron chi connectivity index (χ1n) is 9.79. The van der Waals surface area contributed by atoms with Crippen molar-refractivity contribution in [3.8, 4) is 0 Å². The number of carbonyl (C=O) groups excluding carboxylic acids is 1. The molecule has 0 unspecified atom stereocenters. The molecule has 0 saturated carbocycles. The molecule has 2 aromatic carbocycles. The molecular formula is C24H23ClN2O2. The number of furan rings is 1. The molecule has 1 atom stereocenters. The van der Waals surface area contributed by atoms with Crippen LogP contribution in [0.3, 0.4) is 0 Å². The highest BCUT2D eigenvalue weighted by Crippen LogP contribution is 2.35. The Morgan fingerprint density at radius 3 is 2.69 bits per heavy atom. The van der Waals surface area contributed by atoms with E-state index in [1.165, 1.54) is 5.56 Å². The Morgan fingerprint density at radius 1 is 1.14 bits per heavy atom. The SMILES string of the molecule is CCc1cccc2c([C@@H](CC(=O)NCc3ccco3)c3ccc(Cl)cc3)c[nH]c12. The molecule has 29 heavy (non-hydrogen) atoms. The van der Waals surface area contributed by atoms with Crippen molar-refractivity contribution in [1.82, 2.24) is 10.3 Å². The van der Waals surface area contributed by atoms with E-state index in [2.05, 4.69) is 35.4 Å². The van der Waals surface area contributed by atoms with Crippen LogP contribution in [0.25, 0.3) is 10.9 Å². The van der Waals surface area contributed by atoms with Gasteiger partial charge in [0, 0.05) is 34.5 Å². The number of halogens is 1. The first-order chi connectivity index (χ1) is 14.2. The van der Waals surface area contributed by atoms with Crippen molar-refractivity contribution in [3.63, 3.8) is 0 Å². The molecule has 148 valence electrons. The Labute approximate surface area is 174 Å². The number of nitrogens with one attached hydrogen (secondary N) is 2. The van der Waals surface area contributed by atoms with Crippen molar-refractivity contribution in [3.05, 3.63) is 94.5 Å². The third-order valence-corrected chi connectivity index (χ3v) is 5.54. The van der Waals surface area contributed by atoms with Crippen molar-refractivity contribution >= 4 is 28.4 Å². The number of carbonyl (C=O) groups is 1. The maximum absolute atomic E-state index is 12.8. The Hall–Kier alpha value is -2.98. The zero-order valence-electron chi connectivity index (χ0n) is 16.2. The van der Waals surface area contributed by atoms with Crippen LogP contribution in [-0.2, 0) is 17.8 Å². The van der Waals surface area contributed by atoms with Crippen LogP contribution in [0.15, 0.2) is 71.5 Å². The van der Waals surface area contributed by atoms with E-state index in [-0.39, 0.29) is 11.8 Å². The number of aromatic nitrogens is 1. The smallest absolute Gasteiger partial charge is 0.221 e. The van der Waals surface area contributed by atoms with E-state index in [0.29, 0.717) is 18.0 Å². The quantitative estimate of drug-likeness (QED) is 0.406. The van der Waals surface area contributed by atoms with Crippen molar-refractivity contribution in [2.45, 2.75) is 32.2 Å². The van der Waals surface area contributed by atoms with Gasteiger partial charge in [0.1, 0.15) is 5.76 Å². The largest absolute Gasteiger partial charge is 0.467 e. The summed E-state index contributed by atoms with van der Waals surface area (Å²) in [6.45, 7) is 2.53. The van der Waals surface area contributed by atoms with Crippen LogP contribution >= 0.6 is 11.6 Å². The van der Waals surface area contributed by atoms with Crippen LogP contribution in [0.5, 0.6) is 0 Å². The van der Waals surface area contributed by atoms with Crippen LogP contribution in [0.4, 0.5) is 0 Å². The molecule has 0 fully saturated rings. The van der Waals surface area contributed by atoms with Crippen molar-refractivity contribution < 1.29 is 9.21 Å². The number of aryl methyl sites for hydroxylation is 1. The molecule has 4 aromatic rings. The third kappa shape index (κ3) is 4.22. The lowest BCUT2D eigenvalue weighted by atomic mass is 9.87. The van der Waals surface area contributed by atoms with E-state index in [4.69, 9.17) is 16.0 Å². The minimum Gasteiger partial charge on any atom is -0.467 e. The van der Waals surface area contributed by atoms with E-state index in [0.717, 1.165) is 34.2 Å². The van der Waals surface area contributed by atoms with Gasteiger partial charge < -0.3 is 14.7 Å². The summed E-state index contributed by atoms with van der Waals surface area (Å²) in [5.74, 6) is 0.633. The van der Waals surface area contributed by atoms with Gasteiger partial charge in [-0.1, -0.05) is 48.9 Å². The standard InChI is InChI=1S/C24H23ClN2O2/c1-2-16-5-3-7-20-22(15-27-24(16)20)21(17-8-10-18(25)11-9-17)13-23(28)26-14-19-6-4-12-29-19/h3-12,15,21,27H,2,13-14H2,1H3,(H,26,28)/t21-/m0/s1. The Morgan fingerprint density at radius 2 is 1.97 bits per heavy atom. The van der Waals surface area contributed by atoms with Gasteiger partial charge in [-0.25, -0.2) is 0 Å². The van der Waals surface area contributed by atoms with Crippen molar-refractivity contribution in [1.29, 1.82) is 0 Å². The summed E-state index contributed by atoms with van der Waals surface area (Å²) in [5, 5.41) is 4.80. The molecule has 2 N–H and O–H groups in total. The lowest BCUT2D eigenvalue weighted by Gasteiger charge is -2.17. The fraction of sp³-hybridized carbons (Fsp3) is 0.208. The molecule has 4 rings (SSSR count). The maximum Gasteiger partial charge on any atom is 0.221 e. The van der Waals surface area contributed by atoms with Crippen LogP contribution in [0.2, 0.25) is 5.02 Å². The van der Waals surface area contributed by atoms with Crippen LogP contribution in [0, 0.1) is 0 Å². The zero-order valence-corrected chi connectivity index (χ0v) is 17.0. The van der Waals surface area contributed by atoms with Crippen LogP contribution in [0.1, 0.15) is 41.7 Å². The highest BCUT2D eigenvalue weighted by atomic mass is 35.5. The van der Waals surface area contributed by atoms with E-state index in [9.17, 15) is 4.79 Å². The van der Waals surface area contributed by atoms with Gasteiger partial charge in [-0.3, -0.25) is 4.79 Å². The summed E-state index contributed by atoms with van der Waals surface area (Å²) in [5.41, 5.74) is 4.59. The molecule has 0 aliphatic carbocycles. The highest BCUT2D eigenvalue weighted by molar-refractivity contribution is 6.30. The number of benzene rings is 2. The summed E-state index contributed by atoms with van der Waals surface area (Å²) in [6.07, 6.45) is 4.93. The molecule has 0 radical (unpaired) electrons. The molecular weight excluding hydrogens is 384 g/mol. The summed E-state index contributed by atoms with van der Waals surface area (Å²) in [4.78, 5) is 16.2. The van der Waals surface area contributed by atoms with Crippen LogP contribution < -0.4 is 5.32 Å². The second kappa shape index (κ2) is 8.58. The number of fused-ring (bicyclic) bond motifs is 1. The number of para-hydroxylation sites is 1. The minimum atomic E-state index is -0.0790. The van der Waals surface area contributed by atoms with Gasteiger partial charge >= 0.3 is 0 Å². The zero-order chi connectivity index (χ0) is 20.2. The van der Waals surface area contributed by atoms with Gasteiger partial charge in [-0.05, 0) is 47.4 Å². The van der Waals surface area contributed by atoms with Crippen molar-refractivity contribution in [2.24, 2.45) is 0 Å². The molecule has 0 aliphatic heterocycles. The second-order valence-corrected chi connectivity index (χ2v) is 7.54. The summed E-state index contributed by atoms with van der Waals surface area (Å²) in [6, 6.07) is 17.7. The normalized spacial score (nSPS) is 12.2. The highest BCUT2D eigenvalue weighted by Gasteiger charge is 2.22. The molecule has 1 amide bonds. The third-order valence-electron chi connectivity index (χ3n) is 5.29. The minimum absolute atomic E-state index is 0.0256. The van der Waals surface area contributed by atoms with Gasteiger partial charge in [0.2, 0.25) is 5.91 Å². The number of hydrogen-bond donors (Lipinski definition) is 2. The van der Waals surface area contributed by atoms with Crippen LogP contribution in [-0.4, -0.2) is 10.9 Å². The number of H-pyrrole nitrogens is 1. The van der Waals surface area contributed by atoms with Gasteiger partial charge in [0.25, 0.3) is 0 Å². The average Bonchev–Trinajstić information content (AvgIpc) is 3.41. The fourth-order valence-electron chi connectivity index (χ4n) is 3.78. The lowest BCUT2D eigenvalue weighted by Crippen LogP contribution is -2.24. The first kappa shape index (κ1) is 19.3. The summed E-state index contributed by atoms with van der Waals surface area (Å²) in [7, 11) is 0. The number of hydrogen-bond acceptors (Lipinski definition) is 2. The lowest BCUT2D eigenvalue weighted by molar-refractivity contribution is -0.121. The molecule has 0 aliphatic rings. The van der Waals surface area contributed by atoms with Gasteiger partial charge in [0.15, 0.2) is 0 Å². The summed E-state index contributed by atoms with van der Waals surface area (Å²) >= 11 is 6.09. The van der Waals surface area contributed by atoms with E-state index in [1.54, 1.807) is 6.26 Å². The Kier molecular flexibility index (Phi) is 5.72. The summed E-state index contributed by atoms with van der Waals surface area (Å²) < 4.78 is 5.31. The monoisotopic (exact) mass is 406 g/mol. The number of rotatable bonds is 7. The molecule has 2 aromatic heterocycles. The van der Waals surface area contributed by atoms with Gasteiger partial charge in [-0.2, -0.15) is 0 Å². The maximum atomic E-state index is 12.8. The van der Waals surface area contributed by atoms with E-state index in [1.807, 2.05) is 42.6 Å². The van der Waals surface area contributed by atoms with E-state index < -0.39 is 0 Å². The van der Waals surface area contributed by atoms with Gasteiger partial charge in [-0.15, -0.1) is 0 Å². The molecule has 4 nitrogen and oxygen atoms in total. The fourth-order valence-corrected chi connectivity index (χ4v) is 3.91. The molecule has 0 saturated heterocycles. The predicted octanol–water partition coefficient (Wildman–Crippen LogP) is 5.82. The van der Waals surface area contributed by atoms with Gasteiger partial charge in [0.05, 0.1) is 12.8 Å². The molecule has 5 heteroatoms. The molecule has 2 heterocycles. The number of aromatic amines is 1. The van der Waals surface area contributed by atoms with E-state index >= 15 is 0 Å². The second-order valence-electron chi connectivity index (χ2n) is 7.10. The molecule has 0 spiro atoms.